The van der Waals surface area contributed by atoms with E-state index in [-0.39, 0.29) is 33.6 Å². The molecule has 1 saturated heterocycles. The quantitative estimate of drug-likeness (QED) is 0.654. The Morgan fingerprint density at radius 2 is 1.75 bits per heavy atom. The Labute approximate surface area is 174 Å². The molecule has 1 aliphatic rings. The molecule has 0 radical (unpaired) electrons. The standard InChI is InChI=1S/C19H19Cl2NO5S/c1-13(14-5-3-2-4-6-14)27-19(23)15-11-18(17(21)12-16(15)20)28(24,25)22-7-9-26-10-8-22/h2-6,11-13H,7-10H2,1H3. The van der Waals surface area contributed by atoms with Gasteiger partial charge in [-0.2, -0.15) is 4.31 Å². The number of esters is 1. The number of benzene rings is 2. The van der Waals surface area contributed by atoms with E-state index in [0.29, 0.717) is 13.2 Å². The number of carbonyl (C=O) groups excluding carboxylic acids is 1. The molecule has 0 saturated carbocycles. The zero-order valence-electron chi connectivity index (χ0n) is 15.1. The summed E-state index contributed by atoms with van der Waals surface area (Å²) in [5.41, 5.74) is 0.753. The number of hydrogen-bond acceptors (Lipinski definition) is 5. The summed E-state index contributed by atoms with van der Waals surface area (Å²) in [6, 6.07) is 11.6. The van der Waals surface area contributed by atoms with Crippen LogP contribution in [-0.4, -0.2) is 45.0 Å². The average Bonchev–Trinajstić information content (AvgIpc) is 2.69. The predicted molar refractivity (Wildman–Crippen MR) is 106 cm³/mol. The van der Waals surface area contributed by atoms with Gasteiger partial charge in [-0.15, -0.1) is 0 Å². The molecule has 3 rings (SSSR count). The highest BCUT2D eigenvalue weighted by molar-refractivity contribution is 7.89. The third-order valence-corrected chi connectivity index (χ3v) is 7.06. The van der Waals surface area contributed by atoms with Crippen LogP contribution in [0.5, 0.6) is 0 Å². The van der Waals surface area contributed by atoms with Gasteiger partial charge in [-0.25, -0.2) is 13.2 Å². The number of carbonyl (C=O) groups is 1. The molecule has 0 aliphatic carbocycles. The van der Waals surface area contributed by atoms with E-state index in [2.05, 4.69) is 0 Å². The number of sulfonamides is 1. The fourth-order valence-corrected chi connectivity index (χ4v) is 5.06. The van der Waals surface area contributed by atoms with Gasteiger partial charge in [-0.05, 0) is 24.6 Å². The lowest BCUT2D eigenvalue weighted by Gasteiger charge is -2.26. The molecule has 150 valence electrons. The highest BCUT2D eigenvalue weighted by Crippen LogP contribution is 2.32. The molecule has 0 aromatic heterocycles. The van der Waals surface area contributed by atoms with Crippen molar-refractivity contribution >= 4 is 39.2 Å². The summed E-state index contributed by atoms with van der Waals surface area (Å²) in [7, 11) is -3.89. The van der Waals surface area contributed by atoms with Crippen molar-refractivity contribution < 1.29 is 22.7 Å². The Morgan fingerprint density at radius 3 is 2.39 bits per heavy atom. The Morgan fingerprint density at radius 1 is 1.11 bits per heavy atom. The van der Waals surface area contributed by atoms with Crippen molar-refractivity contribution in [3.8, 4) is 0 Å². The van der Waals surface area contributed by atoms with Crippen LogP contribution in [0.4, 0.5) is 0 Å². The second-order valence-electron chi connectivity index (χ2n) is 6.24. The van der Waals surface area contributed by atoms with Crippen molar-refractivity contribution in [1.29, 1.82) is 0 Å². The molecule has 0 spiro atoms. The topological polar surface area (TPSA) is 72.9 Å². The minimum absolute atomic E-state index is 0.0242. The fraction of sp³-hybridized carbons (Fsp3) is 0.316. The molecule has 28 heavy (non-hydrogen) atoms. The summed E-state index contributed by atoms with van der Waals surface area (Å²) in [6.45, 7) is 2.75. The molecule has 1 fully saturated rings. The average molecular weight is 444 g/mol. The van der Waals surface area contributed by atoms with Crippen molar-refractivity contribution in [2.75, 3.05) is 26.3 Å². The largest absolute Gasteiger partial charge is 0.454 e. The van der Waals surface area contributed by atoms with E-state index in [9.17, 15) is 13.2 Å². The first-order chi connectivity index (χ1) is 13.3. The zero-order valence-corrected chi connectivity index (χ0v) is 17.4. The molecule has 6 nitrogen and oxygen atoms in total. The Bertz CT molecular complexity index is 960. The van der Waals surface area contributed by atoms with Gasteiger partial charge in [-0.3, -0.25) is 0 Å². The molecule has 1 unspecified atom stereocenters. The number of nitrogens with zero attached hydrogens (tertiary/aromatic N) is 1. The van der Waals surface area contributed by atoms with Crippen LogP contribution in [-0.2, 0) is 19.5 Å². The van der Waals surface area contributed by atoms with Crippen molar-refractivity contribution in [2.45, 2.75) is 17.9 Å². The molecule has 1 aliphatic heterocycles. The van der Waals surface area contributed by atoms with E-state index in [1.807, 2.05) is 30.3 Å². The van der Waals surface area contributed by atoms with E-state index in [0.717, 1.165) is 5.56 Å². The number of ether oxygens (including phenoxy) is 2. The lowest BCUT2D eigenvalue weighted by molar-refractivity contribution is 0.0337. The Balaban J connectivity index is 1.89. The lowest BCUT2D eigenvalue weighted by Crippen LogP contribution is -2.40. The molecule has 2 aromatic carbocycles. The van der Waals surface area contributed by atoms with Crippen LogP contribution in [0.25, 0.3) is 0 Å². The predicted octanol–water partition coefficient (Wildman–Crippen LogP) is 3.93. The third kappa shape index (κ3) is 4.50. The maximum atomic E-state index is 12.9. The van der Waals surface area contributed by atoms with E-state index >= 15 is 0 Å². The first-order valence-corrected chi connectivity index (χ1v) is 10.8. The molecule has 0 bridgehead atoms. The van der Waals surface area contributed by atoms with E-state index in [4.69, 9.17) is 32.7 Å². The fourth-order valence-electron chi connectivity index (χ4n) is 2.83. The molecule has 2 aromatic rings. The summed E-state index contributed by atoms with van der Waals surface area (Å²) < 4.78 is 37.8. The van der Waals surface area contributed by atoms with Crippen molar-refractivity contribution in [3.63, 3.8) is 0 Å². The highest BCUT2D eigenvalue weighted by Gasteiger charge is 2.30. The monoisotopic (exact) mass is 443 g/mol. The molecule has 1 atom stereocenters. The first kappa shape index (κ1) is 21.1. The molecule has 0 N–H and O–H groups in total. The second kappa shape index (κ2) is 8.80. The van der Waals surface area contributed by atoms with E-state index < -0.39 is 22.1 Å². The normalized spacial score (nSPS) is 16.5. The first-order valence-electron chi connectivity index (χ1n) is 8.63. The molecule has 1 heterocycles. The Hall–Kier alpha value is -1.64. The zero-order chi connectivity index (χ0) is 20.3. The van der Waals surface area contributed by atoms with Gasteiger partial charge >= 0.3 is 5.97 Å². The van der Waals surface area contributed by atoms with E-state index in [1.54, 1.807) is 6.92 Å². The van der Waals surface area contributed by atoms with Crippen LogP contribution < -0.4 is 0 Å². The highest BCUT2D eigenvalue weighted by atomic mass is 35.5. The summed E-state index contributed by atoms with van der Waals surface area (Å²) in [6.07, 6.45) is -0.528. The van der Waals surface area contributed by atoms with Gasteiger partial charge in [0.1, 0.15) is 11.0 Å². The molecule has 0 amide bonds. The van der Waals surface area contributed by atoms with Gasteiger partial charge in [0.2, 0.25) is 10.0 Å². The minimum atomic E-state index is -3.89. The Kier molecular flexibility index (Phi) is 6.62. The van der Waals surface area contributed by atoms with Crippen molar-refractivity contribution in [3.05, 3.63) is 63.6 Å². The minimum Gasteiger partial charge on any atom is -0.454 e. The number of hydrogen-bond donors (Lipinski definition) is 0. The maximum absolute atomic E-state index is 12.9. The maximum Gasteiger partial charge on any atom is 0.340 e. The van der Waals surface area contributed by atoms with Gasteiger partial charge in [0.25, 0.3) is 0 Å². The smallest absolute Gasteiger partial charge is 0.340 e. The lowest BCUT2D eigenvalue weighted by atomic mass is 10.1. The van der Waals surface area contributed by atoms with Gasteiger partial charge < -0.3 is 9.47 Å². The number of morpholine rings is 1. The van der Waals surface area contributed by atoms with Crippen molar-refractivity contribution in [1.82, 2.24) is 4.31 Å². The van der Waals surface area contributed by atoms with Crippen LogP contribution in [0.3, 0.4) is 0 Å². The van der Waals surface area contributed by atoms with Crippen LogP contribution in [0.15, 0.2) is 47.4 Å². The van der Waals surface area contributed by atoms with E-state index in [1.165, 1.54) is 16.4 Å². The molecular weight excluding hydrogens is 425 g/mol. The number of rotatable bonds is 5. The molecular formula is C19H19Cl2NO5S. The molecule has 9 heteroatoms. The second-order valence-corrected chi connectivity index (χ2v) is 8.96. The van der Waals surface area contributed by atoms with Crippen LogP contribution >= 0.6 is 23.2 Å². The van der Waals surface area contributed by atoms with Crippen LogP contribution in [0.2, 0.25) is 10.0 Å². The van der Waals surface area contributed by atoms with Gasteiger partial charge in [-0.1, -0.05) is 53.5 Å². The summed E-state index contributed by atoms with van der Waals surface area (Å²) in [5, 5.41) is -0.0275. The van der Waals surface area contributed by atoms with Crippen LogP contribution in [0, 0.1) is 0 Å². The van der Waals surface area contributed by atoms with Gasteiger partial charge in [0.15, 0.2) is 0 Å². The number of halogens is 2. The van der Waals surface area contributed by atoms with Crippen LogP contribution in [0.1, 0.15) is 28.9 Å². The summed E-state index contributed by atoms with van der Waals surface area (Å²) in [4.78, 5) is 12.5. The summed E-state index contributed by atoms with van der Waals surface area (Å²) >= 11 is 12.3. The SMILES string of the molecule is CC(OC(=O)c1cc(S(=O)(=O)N2CCOCC2)c(Cl)cc1Cl)c1ccccc1. The third-order valence-electron chi connectivity index (χ3n) is 4.38. The van der Waals surface area contributed by atoms with Gasteiger partial charge in [0.05, 0.1) is 28.8 Å². The summed E-state index contributed by atoms with van der Waals surface area (Å²) in [5.74, 6) is -0.726. The van der Waals surface area contributed by atoms with Gasteiger partial charge in [0, 0.05) is 13.1 Å². The van der Waals surface area contributed by atoms with Crippen molar-refractivity contribution in [2.24, 2.45) is 0 Å².